The number of alkyl halides is 4. The fourth-order valence-corrected chi connectivity index (χ4v) is 4.79. The first-order chi connectivity index (χ1) is 19.7. The number of benzene rings is 2. The summed E-state index contributed by atoms with van der Waals surface area (Å²) in [7, 11) is 1.03. The molecule has 8 nitrogen and oxygen atoms in total. The van der Waals surface area contributed by atoms with Crippen LogP contribution >= 0.6 is 12.4 Å². The van der Waals surface area contributed by atoms with E-state index in [0.29, 0.717) is 64.8 Å². The topological polar surface area (TPSA) is 93.2 Å². The third kappa shape index (κ3) is 7.18. The molecular weight excluding hydrogens is 576 g/mol. The average Bonchev–Trinajstić information content (AvgIpc) is 2.94. The molecule has 2 aromatic carbocycles. The molecule has 42 heavy (non-hydrogen) atoms. The molecule has 3 N–H and O–H groups in total. The van der Waals surface area contributed by atoms with E-state index in [1.54, 1.807) is 36.7 Å². The summed E-state index contributed by atoms with van der Waals surface area (Å²) >= 11 is 0. The summed E-state index contributed by atoms with van der Waals surface area (Å²) in [4.78, 5) is 13.4. The Morgan fingerprint density at radius 3 is 2.62 bits per heavy atom. The monoisotopic (exact) mass is 606 g/mol. The molecule has 224 valence electrons. The number of anilines is 2. The summed E-state index contributed by atoms with van der Waals surface area (Å²) in [6, 6.07) is 14.1. The van der Waals surface area contributed by atoms with Gasteiger partial charge < -0.3 is 25.4 Å². The third-order valence-corrected chi connectivity index (χ3v) is 6.87. The lowest BCUT2D eigenvalue weighted by Gasteiger charge is -2.26. The highest BCUT2D eigenvalue weighted by atomic mass is 35.5. The van der Waals surface area contributed by atoms with Crippen molar-refractivity contribution in [1.29, 1.82) is 0 Å². The van der Waals surface area contributed by atoms with Gasteiger partial charge >= 0.3 is 6.18 Å². The lowest BCUT2D eigenvalue weighted by atomic mass is 10.0. The van der Waals surface area contributed by atoms with Gasteiger partial charge in [0.25, 0.3) is 0 Å². The SMILES string of the molecule is COC(CNc1cccc2c(Oc3ncccc3-c3ccnc(N[C@@H]4CNC[C@@H](F)C4)n3)c(C)ccc12)C(F)(F)F.Cl. The van der Waals surface area contributed by atoms with Crippen molar-refractivity contribution in [3.8, 4) is 22.9 Å². The van der Waals surface area contributed by atoms with Crippen molar-refractivity contribution in [2.45, 2.75) is 37.8 Å². The van der Waals surface area contributed by atoms with Crippen molar-refractivity contribution in [2.24, 2.45) is 0 Å². The van der Waals surface area contributed by atoms with Crippen LogP contribution in [0.25, 0.3) is 22.0 Å². The number of methoxy groups -OCH3 is 1. The second kappa shape index (κ2) is 13.5. The van der Waals surface area contributed by atoms with E-state index in [9.17, 15) is 17.6 Å². The van der Waals surface area contributed by atoms with Gasteiger partial charge in [0, 0.05) is 61.5 Å². The number of halogens is 5. The zero-order valence-corrected chi connectivity index (χ0v) is 23.7. The number of rotatable bonds is 9. The molecule has 3 heterocycles. The van der Waals surface area contributed by atoms with E-state index >= 15 is 0 Å². The van der Waals surface area contributed by atoms with Crippen LogP contribution in [0.2, 0.25) is 0 Å². The standard InChI is InChI=1S/C29H30F4N6O2.ClH/c1-17-8-9-20-21(5-3-7-23(20)37-16-25(40-2)29(31,32)33)26(17)41-27-22(6-4-11-35-27)24-10-12-36-28(39-24)38-19-13-18(30)14-34-15-19;/h3-12,18-19,25,34,37H,13-16H2,1-2H3,(H,36,38,39);1H/t18-,19-,25?;/m0./s1. The Bertz CT molecular complexity index is 1510. The third-order valence-electron chi connectivity index (χ3n) is 6.87. The lowest BCUT2D eigenvalue weighted by molar-refractivity contribution is -0.207. The van der Waals surface area contributed by atoms with E-state index < -0.39 is 25.0 Å². The normalized spacial score (nSPS) is 17.8. The number of ether oxygens (including phenoxy) is 2. The number of pyridine rings is 1. The highest BCUT2D eigenvalue weighted by Gasteiger charge is 2.39. The molecule has 13 heteroatoms. The maximum Gasteiger partial charge on any atom is 0.416 e. The van der Waals surface area contributed by atoms with E-state index in [1.807, 2.05) is 31.2 Å². The highest BCUT2D eigenvalue weighted by molar-refractivity contribution is 5.98. The minimum atomic E-state index is -4.49. The van der Waals surface area contributed by atoms with Gasteiger partial charge in [0.15, 0.2) is 6.10 Å². The number of aryl methyl sites for hydroxylation is 1. The highest BCUT2D eigenvalue weighted by Crippen LogP contribution is 2.38. The van der Waals surface area contributed by atoms with Crippen molar-refractivity contribution in [3.05, 3.63) is 66.5 Å². The number of fused-ring (bicyclic) bond motifs is 1. The molecule has 1 aliphatic heterocycles. The molecule has 0 aliphatic carbocycles. The van der Waals surface area contributed by atoms with Crippen LogP contribution in [0.5, 0.6) is 11.6 Å². The van der Waals surface area contributed by atoms with E-state index in [1.165, 1.54) is 0 Å². The molecule has 0 radical (unpaired) electrons. The predicted octanol–water partition coefficient (Wildman–Crippen LogP) is 6.32. The molecular formula is C29H31ClF4N6O2. The average molecular weight is 607 g/mol. The Morgan fingerprint density at radius 2 is 1.86 bits per heavy atom. The summed E-state index contributed by atoms with van der Waals surface area (Å²) in [5.74, 6) is 1.18. The second-order valence-corrected chi connectivity index (χ2v) is 9.82. The van der Waals surface area contributed by atoms with Crippen molar-refractivity contribution < 1.29 is 27.0 Å². The van der Waals surface area contributed by atoms with E-state index in [4.69, 9.17) is 4.74 Å². The number of piperidine rings is 1. The van der Waals surface area contributed by atoms with E-state index in [2.05, 4.69) is 35.6 Å². The fraction of sp³-hybridized carbons (Fsp3) is 0.345. The molecule has 5 rings (SSSR count). The first-order valence-corrected chi connectivity index (χ1v) is 13.2. The van der Waals surface area contributed by atoms with E-state index in [-0.39, 0.29) is 18.4 Å². The molecule has 2 aromatic heterocycles. The van der Waals surface area contributed by atoms with Gasteiger partial charge in [-0.1, -0.05) is 24.3 Å². The Hall–Kier alpha value is -3.74. The number of hydrogen-bond acceptors (Lipinski definition) is 8. The summed E-state index contributed by atoms with van der Waals surface area (Å²) in [6.45, 7) is 2.38. The minimum absolute atomic E-state index is 0. The first kappa shape index (κ1) is 31.2. The minimum Gasteiger partial charge on any atom is -0.437 e. The molecule has 1 aliphatic rings. The van der Waals surface area contributed by atoms with Gasteiger partial charge in [-0.2, -0.15) is 13.2 Å². The molecule has 0 amide bonds. The summed E-state index contributed by atoms with van der Waals surface area (Å²) in [5, 5.41) is 10.5. The molecule has 0 saturated carbocycles. The smallest absolute Gasteiger partial charge is 0.416 e. The Morgan fingerprint density at radius 1 is 1.02 bits per heavy atom. The Labute approximate surface area is 246 Å². The summed E-state index contributed by atoms with van der Waals surface area (Å²) < 4.78 is 64.5. The second-order valence-electron chi connectivity index (χ2n) is 9.82. The van der Waals surface area contributed by atoms with Gasteiger partial charge in [-0.05, 0) is 36.8 Å². The maximum atomic E-state index is 13.8. The van der Waals surface area contributed by atoms with Crippen LogP contribution in [0.3, 0.4) is 0 Å². The zero-order chi connectivity index (χ0) is 29.0. The molecule has 1 unspecified atom stereocenters. The number of hydrogen-bond donors (Lipinski definition) is 3. The molecule has 3 atom stereocenters. The molecule has 0 bridgehead atoms. The zero-order valence-electron chi connectivity index (χ0n) is 22.9. The van der Waals surface area contributed by atoms with Crippen molar-refractivity contribution >= 4 is 34.8 Å². The van der Waals surface area contributed by atoms with Crippen molar-refractivity contribution in [1.82, 2.24) is 20.3 Å². The molecule has 0 spiro atoms. The van der Waals surface area contributed by atoms with Crippen LogP contribution in [0, 0.1) is 6.92 Å². The van der Waals surface area contributed by atoms with Gasteiger partial charge in [0.05, 0.1) is 17.8 Å². The number of nitrogens with zero attached hydrogens (tertiary/aromatic N) is 3. The van der Waals surface area contributed by atoms with Crippen LogP contribution in [0.4, 0.5) is 29.2 Å². The van der Waals surface area contributed by atoms with Crippen molar-refractivity contribution in [3.63, 3.8) is 0 Å². The van der Waals surface area contributed by atoms with Crippen LogP contribution in [0.1, 0.15) is 12.0 Å². The summed E-state index contributed by atoms with van der Waals surface area (Å²) in [5.41, 5.74) is 2.50. The number of nitrogens with one attached hydrogen (secondary N) is 3. The van der Waals surface area contributed by atoms with Crippen LogP contribution < -0.4 is 20.7 Å². The molecule has 1 saturated heterocycles. The lowest BCUT2D eigenvalue weighted by Crippen LogP contribution is -2.44. The van der Waals surface area contributed by atoms with Crippen LogP contribution in [-0.2, 0) is 4.74 Å². The quantitative estimate of drug-likeness (QED) is 0.191. The van der Waals surface area contributed by atoms with Gasteiger partial charge in [0.1, 0.15) is 11.9 Å². The van der Waals surface area contributed by atoms with Crippen LogP contribution in [-0.4, -0.2) is 66.2 Å². The fourth-order valence-electron chi connectivity index (χ4n) is 4.79. The molecule has 1 fully saturated rings. The maximum absolute atomic E-state index is 13.8. The Balaban J connectivity index is 0.00000405. The predicted molar refractivity (Wildman–Crippen MR) is 156 cm³/mol. The van der Waals surface area contributed by atoms with Gasteiger partial charge in [0.2, 0.25) is 11.8 Å². The first-order valence-electron chi connectivity index (χ1n) is 13.2. The van der Waals surface area contributed by atoms with Gasteiger partial charge in [-0.3, -0.25) is 0 Å². The van der Waals surface area contributed by atoms with Crippen molar-refractivity contribution in [2.75, 3.05) is 37.4 Å². The molecule has 4 aromatic rings. The van der Waals surface area contributed by atoms with Gasteiger partial charge in [-0.15, -0.1) is 12.4 Å². The largest absolute Gasteiger partial charge is 0.437 e. The summed E-state index contributed by atoms with van der Waals surface area (Å²) in [6.07, 6.45) is -3.81. The van der Waals surface area contributed by atoms with E-state index in [0.717, 1.165) is 12.7 Å². The Kier molecular flexibility index (Phi) is 10.0. The number of aromatic nitrogens is 3. The van der Waals surface area contributed by atoms with Crippen LogP contribution in [0.15, 0.2) is 60.9 Å². The van der Waals surface area contributed by atoms with Gasteiger partial charge in [-0.25, -0.2) is 19.3 Å².